The van der Waals surface area contributed by atoms with Crippen LogP contribution < -0.4 is 15.2 Å². The largest absolute Gasteiger partial charge is 0.422 e. The highest BCUT2D eigenvalue weighted by molar-refractivity contribution is 6.01. The highest BCUT2D eigenvalue weighted by atomic mass is 16.6. The Kier molecular flexibility index (Phi) is 7.09. The molecule has 0 saturated carbocycles. The van der Waals surface area contributed by atoms with Gasteiger partial charge in [-0.1, -0.05) is 48.5 Å². The molecule has 6 nitrogen and oxygen atoms in total. The van der Waals surface area contributed by atoms with Crippen LogP contribution in [-0.2, 0) is 9.59 Å². The smallest absolute Gasteiger partial charge is 0.313 e. The summed E-state index contributed by atoms with van der Waals surface area (Å²) in [5.74, 6) is -1.82. The van der Waals surface area contributed by atoms with Crippen LogP contribution in [0.15, 0.2) is 18.2 Å². The van der Waals surface area contributed by atoms with E-state index in [1.54, 1.807) is 27.7 Å². The average Bonchev–Trinajstić information content (AvgIpc) is 2.53. The number of ether oxygens (including phenoxy) is 2. The van der Waals surface area contributed by atoms with E-state index in [1.807, 2.05) is 20.8 Å². The van der Waals surface area contributed by atoms with Gasteiger partial charge in [-0.25, -0.2) is 0 Å². The van der Waals surface area contributed by atoms with Crippen molar-refractivity contribution in [3.8, 4) is 11.5 Å². The summed E-state index contributed by atoms with van der Waals surface area (Å²) in [7, 11) is 0. The molecule has 0 aliphatic rings. The quantitative estimate of drug-likeness (QED) is 0.473. The summed E-state index contributed by atoms with van der Waals surface area (Å²) in [6.45, 7) is 12.4. The van der Waals surface area contributed by atoms with Crippen LogP contribution in [0.25, 0.3) is 0 Å². The van der Waals surface area contributed by atoms with Gasteiger partial charge in [0.15, 0.2) is 17.3 Å². The van der Waals surface area contributed by atoms with Crippen molar-refractivity contribution < 1.29 is 23.9 Å². The Morgan fingerprint density at radius 1 is 0.885 bits per heavy atom. The molecule has 0 saturated heterocycles. The Morgan fingerprint density at radius 2 is 1.35 bits per heavy atom. The predicted molar refractivity (Wildman–Crippen MR) is 99.1 cm³/mol. The van der Waals surface area contributed by atoms with E-state index in [9.17, 15) is 14.4 Å². The minimum Gasteiger partial charge on any atom is -0.422 e. The lowest BCUT2D eigenvalue weighted by Gasteiger charge is -2.26. The topological polar surface area (TPSA) is 95.7 Å². The maximum absolute atomic E-state index is 12.6. The van der Waals surface area contributed by atoms with E-state index in [2.05, 4.69) is 0 Å². The van der Waals surface area contributed by atoms with Crippen molar-refractivity contribution in [3.63, 3.8) is 0 Å². The van der Waals surface area contributed by atoms with Crippen molar-refractivity contribution in [2.75, 3.05) is 0 Å². The summed E-state index contributed by atoms with van der Waals surface area (Å²) in [6, 6.07) is 3.65. The first-order valence-electron chi connectivity index (χ1n) is 8.71. The molecule has 2 N–H and O–H groups in total. The second-order valence-electron chi connectivity index (χ2n) is 8.02. The monoisotopic (exact) mass is 363 g/mol. The molecule has 6 heteroatoms. The van der Waals surface area contributed by atoms with E-state index >= 15 is 0 Å². The number of nitrogens with two attached hydrogens (primary N) is 1. The van der Waals surface area contributed by atoms with Gasteiger partial charge < -0.3 is 15.2 Å². The van der Waals surface area contributed by atoms with Crippen LogP contribution >= 0.6 is 0 Å². The molecule has 0 fully saturated rings. The van der Waals surface area contributed by atoms with Gasteiger partial charge in [0.1, 0.15) is 0 Å². The first kappa shape index (κ1) is 21.8. The molecule has 1 rings (SSSR count). The van der Waals surface area contributed by atoms with Crippen molar-refractivity contribution in [3.05, 3.63) is 23.8 Å². The molecule has 0 heterocycles. The number of esters is 2. The lowest BCUT2D eigenvalue weighted by atomic mass is 9.83. The third-order valence-electron chi connectivity index (χ3n) is 3.81. The zero-order valence-electron chi connectivity index (χ0n) is 16.6. The van der Waals surface area contributed by atoms with Gasteiger partial charge in [-0.05, 0) is 23.6 Å². The van der Waals surface area contributed by atoms with Gasteiger partial charge in [-0.2, -0.15) is 0 Å². The minimum absolute atomic E-state index is 0.0321. The first-order valence-corrected chi connectivity index (χ1v) is 8.71. The number of hydrogen-bond acceptors (Lipinski definition) is 6. The zero-order valence-corrected chi connectivity index (χ0v) is 16.6. The molecular formula is C20H29NO5. The van der Waals surface area contributed by atoms with Crippen molar-refractivity contribution in [2.45, 2.75) is 54.5 Å². The van der Waals surface area contributed by atoms with E-state index < -0.39 is 23.4 Å². The molecule has 1 aromatic carbocycles. The van der Waals surface area contributed by atoms with Crippen LogP contribution in [-0.4, -0.2) is 23.8 Å². The van der Waals surface area contributed by atoms with Gasteiger partial charge in [-0.3, -0.25) is 14.4 Å². The summed E-state index contributed by atoms with van der Waals surface area (Å²) >= 11 is 0. The van der Waals surface area contributed by atoms with Crippen LogP contribution in [0.4, 0.5) is 0 Å². The second-order valence-corrected chi connectivity index (χ2v) is 8.02. The van der Waals surface area contributed by atoms with Crippen LogP contribution in [0, 0.1) is 17.3 Å². The summed E-state index contributed by atoms with van der Waals surface area (Å²) in [5, 5.41) is 0. The number of rotatable bonds is 6. The Bertz CT molecular complexity index is 686. The van der Waals surface area contributed by atoms with E-state index in [-0.39, 0.29) is 29.1 Å². The van der Waals surface area contributed by atoms with Gasteiger partial charge in [0, 0.05) is 5.56 Å². The van der Waals surface area contributed by atoms with Crippen molar-refractivity contribution >= 4 is 17.7 Å². The molecule has 0 aliphatic heterocycles. The normalized spacial score (nSPS) is 12.8. The van der Waals surface area contributed by atoms with E-state index in [1.165, 1.54) is 18.2 Å². The van der Waals surface area contributed by atoms with Gasteiger partial charge >= 0.3 is 11.9 Å². The van der Waals surface area contributed by atoms with Crippen LogP contribution in [0.2, 0.25) is 0 Å². The zero-order chi connectivity index (χ0) is 20.2. The van der Waals surface area contributed by atoms with Gasteiger partial charge in [0.05, 0.1) is 17.9 Å². The lowest BCUT2D eigenvalue weighted by Crippen LogP contribution is -2.42. The second kappa shape index (κ2) is 8.45. The molecule has 0 spiro atoms. The Hall–Kier alpha value is -2.21. The number of benzene rings is 1. The van der Waals surface area contributed by atoms with Gasteiger partial charge in [-0.15, -0.1) is 0 Å². The molecule has 0 radical (unpaired) electrons. The number of carbonyl (C=O) groups excluding carboxylic acids is 3. The predicted octanol–water partition coefficient (Wildman–Crippen LogP) is 3.37. The highest BCUT2D eigenvalue weighted by Gasteiger charge is 2.29. The lowest BCUT2D eigenvalue weighted by molar-refractivity contribution is -0.140. The van der Waals surface area contributed by atoms with E-state index in [4.69, 9.17) is 15.2 Å². The van der Waals surface area contributed by atoms with Gasteiger partial charge in [0.2, 0.25) is 0 Å². The molecule has 26 heavy (non-hydrogen) atoms. The fraction of sp³-hybridized carbons (Fsp3) is 0.550. The number of ketones is 1. The maximum Gasteiger partial charge on any atom is 0.313 e. The summed E-state index contributed by atoms with van der Waals surface area (Å²) in [5.41, 5.74) is 5.91. The molecule has 0 aliphatic carbocycles. The van der Waals surface area contributed by atoms with Crippen LogP contribution in [0.1, 0.15) is 58.8 Å². The molecule has 0 bridgehead atoms. The molecule has 1 aromatic rings. The standard InChI is InChI=1S/C20H29NO5/c1-11(2)18(23)25-14-9-8-13(16(22)17(21)20(5,6)7)10-15(14)26-19(24)12(3)4/h8-12,17H,21H2,1-7H3. The SMILES string of the molecule is CC(C)C(=O)Oc1ccc(C(=O)C(N)C(C)(C)C)cc1OC(=O)C(C)C. The third kappa shape index (κ3) is 5.66. The minimum atomic E-state index is -0.722. The third-order valence-corrected chi connectivity index (χ3v) is 3.81. The average molecular weight is 363 g/mol. The summed E-state index contributed by atoms with van der Waals surface area (Å²) in [6.07, 6.45) is 0. The molecule has 0 amide bonds. The fourth-order valence-corrected chi connectivity index (χ4v) is 1.85. The van der Waals surface area contributed by atoms with Crippen LogP contribution in [0.3, 0.4) is 0 Å². The Labute approximate surface area is 155 Å². The van der Waals surface area contributed by atoms with Gasteiger partial charge in [0.25, 0.3) is 0 Å². The Morgan fingerprint density at radius 3 is 1.77 bits per heavy atom. The van der Waals surface area contributed by atoms with Crippen LogP contribution in [0.5, 0.6) is 11.5 Å². The van der Waals surface area contributed by atoms with E-state index in [0.29, 0.717) is 5.56 Å². The highest BCUT2D eigenvalue weighted by Crippen LogP contribution is 2.31. The first-order chi connectivity index (χ1) is 11.8. The molecular weight excluding hydrogens is 334 g/mol. The summed E-state index contributed by atoms with van der Waals surface area (Å²) < 4.78 is 10.6. The molecule has 144 valence electrons. The van der Waals surface area contributed by atoms with Crippen molar-refractivity contribution in [2.24, 2.45) is 23.0 Å². The fourth-order valence-electron chi connectivity index (χ4n) is 1.85. The molecule has 1 unspecified atom stereocenters. The van der Waals surface area contributed by atoms with Crippen molar-refractivity contribution in [1.29, 1.82) is 0 Å². The number of Topliss-reactive ketones (excluding diaryl/α,β-unsaturated/α-hetero) is 1. The number of carbonyl (C=O) groups is 3. The molecule has 0 aromatic heterocycles. The molecule has 1 atom stereocenters. The van der Waals surface area contributed by atoms with Crippen molar-refractivity contribution in [1.82, 2.24) is 0 Å². The van der Waals surface area contributed by atoms with E-state index in [0.717, 1.165) is 0 Å². The Balaban J connectivity index is 3.27. The summed E-state index contributed by atoms with van der Waals surface area (Å²) in [4.78, 5) is 36.5. The maximum atomic E-state index is 12.6. The number of hydrogen-bond donors (Lipinski definition) is 1.